The van der Waals surface area contributed by atoms with Crippen molar-refractivity contribution in [3.05, 3.63) is 42.0 Å². The Hall–Kier alpha value is -2.32. The van der Waals surface area contributed by atoms with Gasteiger partial charge < -0.3 is 9.47 Å². The van der Waals surface area contributed by atoms with Crippen LogP contribution in [0.5, 0.6) is 11.5 Å². The molecule has 1 heterocycles. The molecule has 1 N–H and O–H groups in total. The number of fused-ring (bicyclic) bond motifs is 1. The number of anilines is 1. The highest BCUT2D eigenvalue weighted by Gasteiger charge is 2.22. The van der Waals surface area contributed by atoms with Gasteiger partial charge in [0.05, 0.1) is 24.4 Å². The zero-order chi connectivity index (χ0) is 17.3. The predicted octanol–water partition coefficient (Wildman–Crippen LogP) is 3.42. The molecule has 126 valence electrons. The molecule has 0 saturated heterocycles. The van der Waals surface area contributed by atoms with Crippen molar-refractivity contribution in [2.45, 2.75) is 11.8 Å². The molecule has 0 fully saturated rings. The summed E-state index contributed by atoms with van der Waals surface area (Å²) in [5.74, 6) is 0.723. The first kappa shape index (κ1) is 16.5. The fraction of sp³-hybridized carbons (Fsp3) is 0.188. The molecule has 0 unspecified atom stereocenters. The summed E-state index contributed by atoms with van der Waals surface area (Å²) >= 11 is 1.29. The van der Waals surface area contributed by atoms with Crippen molar-refractivity contribution < 1.29 is 17.9 Å². The monoisotopic (exact) mass is 364 g/mol. The maximum absolute atomic E-state index is 12.7. The molecule has 0 aliphatic carbocycles. The summed E-state index contributed by atoms with van der Waals surface area (Å²) in [6, 6.07) is 10.3. The van der Waals surface area contributed by atoms with Crippen LogP contribution in [0.4, 0.5) is 5.13 Å². The van der Waals surface area contributed by atoms with E-state index in [0.29, 0.717) is 10.9 Å². The number of nitrogens with zero attached hydrogens (tertiary/aromatic N) is 1. The van der Waals surface area contributed by atoms with Crippen LogP contribution >= 0.6 is 11.3 Å². The van der Waals surface area contributed by atoms with Gasteiger partial charge in [0.2, 0.25) is 0 Å². The van der Waals surface area contributed by atoms with Crippen LogP contribution in [0.2, 0.25) is 0 Å². The van der Waals surface area contributed by atoms with E-state index in [0.717, 1.165) is 15.8 Å². The number of ether oxygens (including phenoxy) is 2. The molecule has 0 bridgehead atoms. The zero-order valence-electron chi connectivity index (χ0n) is 13.4. The van der Waals surface area contributed by atoms with Gasteiger partial charge in [0.25, 0.3) is 10.0 Å². The van der Waals surface area contributed by atoms with E-state index in [1.807, 2.05) is 25.1 Å². The van der Waals surface area contributed by atoms with E-state index in [2.05, 4.69) is 9.71 Å². The molecule has 0 saturated carbocycles. The molecule has 0 aliphatic heterocycles. The highest BCUT2D eigenvalue weighted by atomic mass is 32.2. The van der Waals surface area contributed by atoms with Crippen LogP contribution in [0.25, 0.3) is 10.2 Å². The lowest BCUT2D eigenvalue weighted by Crippen LogP contribution is -2.14. The predicted molar refractivity (Wildman–Crippen MR) is 94.7 cm³/mol. The van der Waals surface area contributed by atoms with E-state index in [1.54, 1.807) is 6.07 Å². The Morgan fingerprint density at radius 3 is 2.58 bits per heavy atom. The minimum absolute atomic E-state index is 0.0294. The molecule has 0 spiro atoms. The second-order valence-electron chi connectivity index (χ2n) is 5.06. The highest BCUT2D eigenvalue weighted by Crippen LogP contribution is 2.32. The van der Waals surface area contributed by atoms with Crippen molar-refractivity contribution in [2.75, 3.05) is 18.9 Å². The maximum atomic E-state index is 12.7. The van der Waals surface area contributed by atoms with Gasteiger partial charge in [-0.1, -0.05) is 23.5 Å². The molecule has 8 heteroatoms. The number of para-hydroxylation sites is 1. The van der Waals surface area contributed by atoms with Crippen molar-refractivity contribution in [3.63, 3.8) is 0 Å². The lowest BCUT2D eigenvalue weighted by atomic mass is 10.2. The summed E-state index contributed by atoms with van der Waals surface area (Å²) in [5, 5.41) is 0.317. The summed E-state index contributed by atoms with van der Waals surface area (Å²) in [5.41, 5.74) is 1.79. The Bertz CT molecular complexity index is 996. The summed E-state index contributed by atoms with van der Waals surface area (Å²) in [4.78, 5) is 4.40. The Labute approximate surface area is 144 Å². The number of methoxy groups -OCH3 is 2. The van der Waals surface area contributed by atoms with Crippen LogP contribution in [-0.4, -0.2) is 27.6 Å². The van der Waals surface area contributed by atoms with Crippen LogP contribution < -0.4 is 14.2 Å². The number of aryl methyl sites for hydroxylation is 1. The van der Waals surface area contributed by atoms with Crippen LogP contribution in [0, 0.1) is 6.92 Å². The van der Waals surface area contributed by atoms with Gasteiger partial charge in [-0.2, -0.15) is 0 Å². The number of nitrogens with one attached hydrogen (secondary N) is 1. The average molecular weight is 364 g/mol. The quantitative estimate of drug-likeness (QED) is 0.750. The first-order chi connectivity index (χ1) is 11.4. The molecule has 1 aromatic heterocycles. The molecule has 6 nitrogen and oxygen atoms in total. The molecule has 0 amide bonds. The van der Waals surface area contributed by atoms with Crippen LogP contribution in [0.3, 0.4) is 0 Å². The largest absolute Gasteiger partial charge is 0.497 e. The van der Waals surface area contributed by atoms with Gasteiger partial charge in [0.1, 0.15) is 16.4 Å². The smallest absolute Gasteiger partial charge is 0.267 e. The van der Waals surface area contributed by atoms with E-state index < -0.39 is 10.0 Å². The van der Waals surface area contributed by atoms with Gasteiger partial charge in [-0.05, 0) is 30.7 Å². The second kappa shape index (κ2) is 6.29. The Morgan fingerprint density at radius 2 is 1.92 bits per heavy atom. The van der Waals surface area contributed by atoms with Gasteiger partial charge in [0, 0.05) is 6.07 Å². The van der Waals surface area contributed by atoms with Crippen molar-refractivity contribution in [1.82, 2.24) is 4.98 Å². The molecule has 3 aromatic rings. The van der Waals surface area contributed by atoms with Crippen molar-refractivity contribution >= 4 is 36.7 Å². The topological polar surface area (TPSA) is 77.5 Å². The third kappa shape index (κ3) is 3.02. The van der Waals surface area contributed by atoms with Crippen molar-refractivity contribution in [2.24, 2.45) is 0 Å². The van der Waals surface area contributed by atoms with E-state index in [-0.39, 0.29) is 10.6 Å². The van der Waals surface area contributed by atoms with Gasteiger partial charge >= 0.3 is 0 Å². The Morgan fingerprint density at radius 1 is 1.12 bits per heavy atom. The Balaban J connectivity index is 2.00. The van der Waals surface area contributed by atoms with Crippen LogP contribution in [-0.2, 0) is 10.0 Å². The normalized spacial score (nSPS) is 11.5. The number of hydrogen-bond acceptors (Lipinski definition) is 6. The number of sulfonamides is 1. The molecule has 0 atom stereocenters. The lowest BCUT2D eigenvalue weighted by Gasteiger charge is -2.11. The number of hydrogen-bond donors (Lipinski definition) is 1. The average Bonchev–Trinajstić information content (AvgIpc) is 2.97. The summed E-state index contributed by atoms with van der Waals surface area (Å²) < 4.78 is 39.1. The van der Waals surface area contributed by atoms with E-state index in [9.17, 15) is 8.42 Å². The first-order valence-corrected chi connectivity index (χ1v) is 9.35. The summed E-state index contributed by atoms with van der Waals surface area (Å²) in [6.45, 7) is 1.94. The van der Waals surface area contributed by atoms with E-state index in [1.165, 1.54) is 37.7 Å². The second-order valence-corrected chi connectivity index (χ2v) is 7.74. The lowest BCUT2D eigenvalue weighted by molar-refractivity contribution is 0.386. The number of thiazole rings is 1. The zero-order valence-corrected chi connectivity index (χ0v) is 15.0. The standard InChI is InChI=1S/C16H16N2O4S2/c1-10-5-4-6-13-15(10)17-16(23-13)18-24(19,20)14-8-7-11(21-2)9-12(14)22-3/h4-9H,1-3H3,(H,17,18). The Kier molecular flexibility index (Phi) is 4.33. The number of aromatic nitrogens is 1. The van der Waals surface area contributed by atoms with E-state index in [4.69, 9.17) is 9.47 Å². The van der Waals surface area contributed by atoms with Gasteiger partial charge in [-0.3, -0.25) is 4.72 Å². The molecule has 2 aromatic carbocycles. The molecule has 3 rings (SSSR count). The van der Waals surface area contributed by atoms with Gasteiger partial charge in [-0.15, -0.1) is 0 Å². The summed E-state index contributed by atoms with van der Waals surface area (Å²) in [6.07, 6.45) is 0. The molecular weight excluding hydrogens is 348 g/mol. The third-order valence-corrected chi connectivity index (χ3v) is 5.95. The third-order valence-electron chi connectivity index (χ3n) is 3.50. The van der Waals surface area contributed by atoms with Gasteiger partial charge in [-0.25, -0.2) is 13.4 Å². The number of rotatable bonds is 5. The van der Waals surface area contributed by atoms with Crippen molar-refractivity contribution in [3.8, 4) is 11.5 Å². The fourth-order valence-electron chi connectivity index (χ4n) is 2.30. The van der Waals surface area contributed by atoms with Crippen LogP contribution in [0.1, 0.15) is 5.56 Å². The first-order valence-electron chi connectivity index (χ1n) is 7.05. The molecule has 0 aliphatic rings. The maximum Gasteiger partial charge on any atom is 0.267 e. The molecule has 24 heavy (non-hydrogen) atoms. The van der Waals surface area contributed by atoms with E-state index >= 15 is 0 Å². The molecule has 0 radical (unpaired) electrons. The summed E-state index contributed by atoms with van der Waals surface area (Å²) in [7, 11) is -0.908. The van der Waals surface area contributed by atoms with Crippen molar-refractivity contribution in [1.29, 1.82) is 0 Å². The SMILES string of the molecule is COc1ccc(S(=O)(=O)Nc2nc3c(C)cccc3s2)c(OC)c1. The van der Waals surface area contributed by atoms with Gasteiger partial charge in [0.15, 0.2) is 5.13 Å². The minimum atomic E-state index is -3.82. The number of benzene rings is 2. The minimum Gasteiger partial charge on any atom is -0.497 e. The highest BCUT2D eigenvalue weighted by molar-refractivity contribution is 7.93. The molecular formula is C16H16N2O4S2. The van der Waals surface area contributed by atoms with Crippen LogP contribution in [0.15, 0.2) is 41.3 Å². The fourth-order valence-corrected chi connectivity index (χ4v) is 4.63.